The number of nitrogens with zero attached hydrogens (tertiary/aromatic N) is 2. The third kappa shape index (κ3) is 3.34. The van der Waals surface area contributed by atoms with Gasteiger partial charge < -0.3 is 14.4 Å². The van der Waals surface area contributed by atoms with Crippen molar-refractivity contribution >= 4 is 0 Å². The maximum Gasteiger partial charge on any atom is 0.160 e. The zero-order valence-electron chi connectivity index (χ0n) is 14.0. The van der Waals surface area contributed by atoms with E-state index < -0.39 is 0 Å². The van der Waals surface area contributed by atoms with Crippen LogP contribution < -0.4 is 4.74 Å². The Labute approximate surface area is 136 Å². The van der Waals surface area contributed by atoms with E-state index in [2.05, 4.69) is 30.0 Å². The van der Waals surface area contributed by atoms with E-state index in [1.54, 1.807) is 13.2 Å². The van der Waals surface area contributed by atoms with E-state index in [1.807, 2.05) is 12.1 Å². The number of phenols is 1. The van der Waals surface area contributed by atoms with Crippen LogP contribution in [0.2, 0.25) is 0 Å². The Morgan fingerprint density at radius 2 is 2.22 bits per heavy atom. The number of benzene rings is 1. The molecule has 0 amide bonds. The second-order valence-electron chi connectivity index (χ2n) is 6.44. The van der Waals surface area contributed by atoms with E-state index >= 15 is 0 Å². The second kappa shape index (κ2) is 6.62. The quantitative estimate of drug-likeness (QED) is 0.908. The van der Waals surface area contributed by atoms with Gasteiger partial charge in [-0.3, -0.25) is 4.90 Å². The monoisotopic (exact) mass is 316 g/mol. The third-order valence-corrected chi connectivity index (χ3v) is 4.45. The average molecular weight is 316 g/mol. The highest BCUT2D eigenvalue weighted by atomic mass is 16.5. The van der Waals surface area contributed by atoms with Gasteiger partial charge in [-0.15, -0.1) is 0 Å². The van der Waals surface area contributed by atoms with Crippen molar-refractivity contribution in [3.8, 4) is 11.5 Å². The largest absolute Gasteiger partial charge is 0.504 e. The molecule has 124 valence electrons. The van der Waals surface area contributed by atoms with Gasteiger partial charge in [-0.05, 0) is 37.1 Å². The van der Waals surface area contributed by atoms with Gasteiger partial charge in [0.05, 0.1) is 13.2 Å². The summed E-state index contributed by atoms with van der Waals surface area (Å²) in [5.74, 6) is 1.98. The van der Waals surface area contributed by atoms with Crippen LogP contribution in [-0.2, 0) is 6.54 Å². The van der Waals surface area contributed by atoms with E-state index in [4.69, 9.17) is 9.26 Å². The minimum atomic E-state index is 0.185. The SMILES string of the molecule is COc1ccc(CN2CCCC2c2cc(C(C)C)on2)cc1O. The first-order chi connectivity index (χ1) is 11.1. The molecule has 23 heavy (non-hydrogen) atoms. The molecule has 3 rings (SSSR count). The van der Waals surface area contributed by atoms with Crippen LogP contribution in [0, 0.1) is 0 Å². The fourth-order valence-electron chi connectivity index (χ4n) is 3.15. The summed E-state index contributed by atoms with van der Waals surface area (Å²) in [7, 11) is 1.56. The molecule has 0 spiro atoms. The van der Waals surface area contributed by atoms with Crippen LogP contribution in [0.4, 0.5) is 0 Å². The first-order valence-electron chi connectivity index (χ1n) is 8.15. The predicted molar refractivity (Wildman–Crippen MR) is 87.6 cm³/mol. The molecule has 1 saturated heterocycles. The molecule has 5 nitrogen and oxygen atoms in total. The lowest BCUT2D eigenvalue weighted by Gasteiger charge is -2.22. The third-order valence-electron chi connectivity index (χ3n) is 4.45. The molecule has 1 aromatic heterocycles. The minimum absolute atomic E-state index is 0.185. The predicted octanol–water partition coefficient (Wildman–Crippen LogP) is 3.85. The summed E-state index contributed by atoms with van der Waals surface area (Å²) >= 11 is 0. The number of phenolic OH excluding ortho intramolecular Hbond substituents is 1. The summed E-state index contributed by atoms with van der Waals surface area (Å²) in [6.45, 7) is 6.03. The summed E-state index contributed by atoms with van der Waals surface area (Å²) in [6, 6.07) is 7.95. The van der Waals surface area contributed by atoms with E-state index in [0.29, 0.717) is 11.7 Å². The van der Waals surface area contributed by atoms with Crippen molar-refractivity contribution < 1.29 is 14.4 Å². The Hall–Kier alpha value is -2.01. The van der Waals surface area contributed by atoms with Crippen molar-refractivity contribution in [3.05, 3.63) is 41.3 Å². The van der Waals surface area contributed by atoms with Crippen LogP contribution in [0.25, 0.3) is 0 Å². The van der Waals surface area contributed by atoms with Crippen molar-refractivity contribution in [1.29, 1.82) is 0 Å². The highest BCUT2D eigenvalue weighted by molar-refractivity contribution is 5.41. The van der Waals surface area contributed by atoms with Crippen molar-refractivity contribution in [3.63, 3.8) is 0 Å². The molecule has 1 N–H and O–H groups in total. The van der Waals surface area contributed by atoms with Crippen LogP contribution in [-0.4, -0.2) is 28.8 Å². The zero-order valence-corrected chi connectivity index (χ0v) is 14.0. The lowest BCUT2D eigenvalue weighted by atomic mass is 10.1. The molecule has 1 atom stereocenters. The molecular formula is C18H24N2O3. The van der Waals surface area contributed by atoms with E-state index in [0.717, 1.165) is 42.9 Å². The van der Waals surface area contributed by atoms with Crippen molar-refractivity contribution in [1.82, 2.24) is 10.1 Å². The normalized spacial score (nSPS) is 18.7. The van der Waals surface area contributed by atoms with Gasteiger partial charge in [0.2, 0.25) is 0 Å². The fraction of sp³-hybridized carbons (Fsp3) is 0.500. The van der Waals surface area contributed by atoms with Gasteiger partial charge in [-0.25, -0.2) is 0 Å². The van der Waals surface area contributed by atoms with Gasteiger partial charge in [0, 0.05) is 18.5 Å². The Morgan fingerprint density at radius 1 is 1.39 bits per heavy atom. The van der Waals surface area contributed by atoms with Gasteiger partial charge in [0.25, 0.3) is 0 Å². The molecule has 0 radical (unpaired) electrons. The van der Waals surface area contributed by atoms with Crippen molar-refractivity contribution in [2.75, 3.05) is 13.7 Å². The van der Waals surface area contributed by atoms with Gasteiger partial charge in [0.1, 0.15) is 11.5 Å². The Balaban J connectivity index is 1.75. The lowest BCUT2D eigenvalue weighted by Crippen LogP contribution is -2.23. The summed E-state index contributed by atoms with van der Waals surface area (Å²) in [4.78, 5) is 2.39. The maximum absolute atomic E-state index is 9.94. The number of ether oxygens (including phenoxy) is 1. The first-order valence-corrected chi connectivity index (χ1v) is 8.15. The number of aromatic hydroxyl groups is 1. The van der Waals surface area contributed by atoms with Crippen LogP contribution in [0.5, 0.6) is 11.5 Å². The molecule has 0 aliphatic carbocycles. The highest BCUT2D eigenvalue weighted by Gasteiger charge is 2.29. The molecule has 0 bridgehead atoms. The summed E-state index contributed by atoms with van der Waals surface area (Å²) in [5, 5.41) is 14.2. The van der Waals surface area contributed by atoms with E-state index in [9.17, 15) is 5.11 Å². The minimum Gasteiger partial charge on any atom is -0.504 e. The lowest BCUT2D eigenvalue weighted by molar-refractivity contribution is 0.235. The molecule has 1 aliphatic heterocycles. The molecule has 2 aromatic rings. The number of hydrogen-bond donors (Lipinski definition) is 1. The maximum atomic E-state index is 9.94. The summed E-state index contributed by atoms with van der Waals surface area (Å²) < 4.78 is 10.6. The smallest absolute Gasteiger partial charge is 0.160 e. The van der Waals surface area contributed by atoms with Crippen LogP contribution in [0.15, 0.2) is 28.8 Å². The molecule has 1 unspecified atom stereocenters. The van der Waals surface area contributed by atoms with Crippen molar-refractivity contribution in [2.24, 2.45) is 0 Å². The van der Waals surface area contributed by atoms with E-state index in [1.165, 1.54) is 0 Å². The summed E-state index contributed by atoms with van der Waals surface area (Å²) in [5.41, 5.74) is 2.09. The Kier molecular flexibility index (Phi) is 4.57. The van der Waals surface area contributed by atoms with Crippen LogP contribution in [0.3, 0.4) is 0 Å². The highest BCUT2D eigenvalue weighted by Crippen LogP contribution is 2.35. The van der Waals surface area contributed by atoms with Gasteiger partial charge in [-0.1, -0.05) is 25.1 Å². The molecule has 2 heterocycles. The molecular weight excluding hydrogens is 292 g/mol. The molecule has 5 heteroatoms. The average Bonchev–Trinajstić information content (AvgIpc) is 3.16. The standard InChI is InChI=1S/C18H24N2O3/c1-12(2)18-10-14(19-23-18)15-5-4-8-20(15)11-13-6-7-17(22-3)16(21)9-13/h6-7,9-10,12,15,21H,4-5,8,11H2,1-3H3. The second-order valence-corrected chi connectivity index (χ2v) is 6.44. The first kappa shape index (κ1) is 15.9. The molecule has 1 aliphatic rings. The molecule has 0 saturated carbocycles. The topological polar surface area (TPSA) is 58.7 Å². The van der Waals surface area contributed by atoms with Crippen LogP contribution in [0.1, 0.15) is 55.7 Å². The number of hydrogen-bond acceptors (Lipinski definition) is 5. The fourth-order valence-corrected chi connectivity index (χ4v) is 3.15. The van der Waals surface area contributed by atoms with Crippen molar-refractivity contribution in [2.45, 2.75) is 45.2 Å². The van der Waals surface area contributed by atoms with Crippen LogP contribution >= 0.6 is 0 Å². The number of aromatic nitrogens is 1. The number of likely N-dealkylation sites (tertiary alicyclic amines) is 1. The Morgan fingerprint density at radius 3 is 2.87 bits per heavy atom. The number of methoxy groups -OCH3 is 1. The zero-order chi connectivity index (χ0) is 16.4. The van der Waals surface area contributed by atoms with Gasteiger partial charge in [0.15, 0.2) is 11.5 Å². The Bertz CT molecular complexity index is 666. The van der Waals surface area contributed by atoms with Gasteiger partial charge >= 0.3 is 0 Å². The summed E-state index contributed by atoms with van der Waals surface area (Å²) in [6.07, 6.45) is 2.24. The number of rotatable bonds is 5. The molecule has 1 aromatic carbocycles. The molecule has 1 fully saturated rings. The van der Waals surface area contributed by atoms with E-state index in [-0.39, 0.29) is 11.8 Å². The van der Waals surface area contributed by atoms with Gasteiger partial charge in [-0.2, -0.15) is 0 Å².